The summed E-state index contributed by atoms with van der Waals surface area (Å²) in [5, 5.41) is 0. The Hall–Kier alpha value is -1.74. The molecule has 0 radical (unpaired) electrons. The molecule has 0 spiro atoms. The zero-order valence-corrected chi connectivity index (χ0v) is 12.2. The van der Waals surface area contributed by atoms with E-state index in [0.29, 0.717) is 6.54 Å². The Kier molecular flexibility index (Phi) is 3.30. The summed E-state index contributed by atoms with van der Waals surface area (Å²) in [6.07, 6.45) is 0. The zero-order valence-electron chi connectivity index (χ0n) is 10.6. The summed E-state index contributed by atoms with van der Waals surface area (Å²) >= 11 is 3.51. The fourth-order valence-corrected chi connectivity index (χ4v) is 2.32. The van der Waals surface area contributed by atoms with Gasteiger partial charge in [0.1, 0.15) is 0 Å². The molecule has 19 heavy (non-hydrogen) atoms. The molecule has 0 N–H and O–H groups in total. The van der Waals surface area contributed by atoms with Crippen molar-refractivity contribution in [2.75, 3.05) is 6.54 Å². The predicted octanol–water partition coefficient (Wildman–Crippen LogP) is 4.01. The SMILES string of the molecule is Cc1cc(C2=NCC(c3ccccc3)=N2)ccc1Br. The van der Waals surface area contributed by atoms with Crippen molar-refractivity contribution in [3.63, 3.8) is 0 Å². The summed E-state index contributed by atoms with van der Waals surface area (Å²) < 4.78 is 1.11. The van der Waals surface area contributed by atoms with E-state index < -0.39 is 0 Å². The predicted molar refractivity (Wildman–Crippen MR) is 83.3 cm³/mol. The average Bonchev–Trinajstić information content (AvgIpc) is 2.93. The molecule has 0 aliphatic carbocycles. The summed E-state index contributed by atoms with van der Waals surface area (Å²) in [6.45, 7) is 2.74. The first-order valence-corrected chi connectivity index (χ1v) is 6.97. The molecule has 0 fully saturated rings. The number of hydrogen-bond donors (Lipinski definition) is 0. The number of hydrogen-bond acceptors (Lipinski definition) is 2. The molecule has 2 aromatic rings. The summed E-state index contributed by atoms with van der Waals surface area (Å²) in [6, 6.07) is 16.4. The molecule has 0 unspecified atom stereocenters. The Balaban J connectivity index is 1.92. The average molecular weight is 313 g/mol. The number of aliphatic imine (C=N–C) groups is 2. The Labute approximate surface area is 121 Å². The molecular weight excluding hydrogens is 300 g/mol. The molecule has 0 bridgehead atoms. The van der Waals surface area contributed by atoms with Gasteiger partial charge in [0.15, 0.2) is 5.84 Å². The minimum atomic E-state index is 0.661. The normalized spacial score (nSPS) is 14.2. The van der Waals surface area contributed by atoms with Crippen LogP contribution in [-0.2, 0) is 0 Å². The highest BCUT2D eigenvalue weighted by Crippen LogP contribution is 2.19. The van der Waals surface area contributed by atoms with E-state index in [1.807, 2.05) is 30.3 Å². The molecule has 3 rings (SSSR count). The van der Waals surface area contributed by atoms with Crippen LogP contribution in [0.4, 0.5) is 0 Å². The highest BCUT2D eigenvalue weighted by molar-refractivity contribution is 9.10. The Morgan fingerprint density at radius 3 is 2.53 bits per heavy atom. The van der Waals surface area contributed by atoms with E-state index in [0.717, 1.165) is 27.1 Å². The van der Waals surface area contributed by atoms with Crippen LogP contribution in [0.25, 0.3) is 0 Å². The molecule has 1 aliphatic heterocycles. The smallest absolute Gasteiger partial charge is 0.155 e. The monoisotopic (exact) mass is 312 g/mol. The third-order valence-electron chi connectivity index (χ3n) is 3.14. The molecule has 1 aliphatic rings. The van der Waals surface area contributed by atoms with Gasteiger partial charge in [0.25, 0.3) is 0 Å². The quantitative estimate of drug-likeness (QED) is 0.800. The molecule has 1 heterocycles. The third kappa shape index (κ3) is 2.51. The summed E-state index contributed by atoms with van der Waals surface area (Å²) in [7, 11) is 0. The number of rotatable bonds is 2. The van der Waals surface area contributed by atoms with Gasteiger partial charge in [-0.05, 0) is 30.2 Å². The molecular formula is C16H13BrN2. The maximum absolute atomic E-state index is 4.65. The van der Waals surface area contributed by atoms with Gasteiger partial charge in [-0.25, -0.2) is 4.99 Å². The molecule has 0 amide bonds. The van der Waals surface area contributed by atoms with E-state index in [4.69, 9.17) is 0 Å². The van der Waals surface area contributed by atoms with E-state index in [-0.39, 0.29) is 0 Å². The van der Waals surface area contributed by atoms with E-state index in [1.54, 1.807) is 0 Å². The van der Waals surface area contributed by atoms with Gasteiger partial charge in [0, 0.05) is 10.0 Å². The minimum absolute atomic E-state index is 0.661. The highest BCUT2D eigenvalue weighted by atomic mass is 79.9. The lowest BCUT2D eigenvalue weighted by molar-refractivity contribution is 1.32. The fourth-order valence-electron chi connectivity index (χ4n) is 2.07. The first-order chi connectivity index (χ1) is 9.24. The number of aryl methyl sites for hydroxylation is 1. The second-order valence-corrected chi connectivity index (χ2v) is 5.38. The third-order valence-corrected chi connectivity index (χ3v) is 4.03. The van der Waals surface area contributed by atoms with Gasteiger partial charge < -0.3 is 0 Å². The lowest BCUT2D eigenvalue weighted by Crippen LogP contribution is -2.01. The highest BCUT2D eigenvalue weighted by Gasteiger charge is 2.13. The molecule has 2 aromatic carbocycles. The Bertz CT molecular complexity index is 672. The van der Waals surface area contributed by atoms with Crippen LogP contribution in [0.3, 0.4) is 0 Å². The standard InChI is InChI=1S/C16H13BrN2/c1-11-9-13(7-8-14(11)17)16-18-10-15(19-16)12-5-3-2-4-6-12/h2-9H,10H2,1H3. The van der Waals surface area contributed by atoms with E-state index in [1.165, 1.54) is 5.56 Å². The van der Waals surface area contributed by atoms with Crippen LogP contribution in [0, 0.1) is 6.92 Å². The van der Waals surface area contributed by atoms with Gasteiger partial charge in [-0.1, -0.05) is 52.3 Å². The van der Waals surface area contributed by atoms with Gasteiger partial charge in [0.05, 0.1) is 12.3 Å². The van der Waals surface area contributed by atoms with Gasteiger partial charge in [-0.2, -0.15) is 0 Å². The van der Waals surface area contributed by atoms with Gasteiger partial charge in [-0.3, -0.25) is 4.99 Å². The van der Waals surface area contributed by atoms with Crippen molar-refractivity contribution in [2.45, 2.75) is 6.92 Å². The first-order valence-electron chi connectivity index (χ1n) is 6.18. The van der Waals surface area contributed by atoms with Crippen molar-refractivity contribution < 1.29 is 0 Å². The van der Waals surface area contributed by atoms with Crippen molar-refractivity contribution >= 4 is 27.5 Å². The van der Waals surface area contributed by atoms with E-state index >= 15 is 0 Å². The Morgan fingerprint density at radius 2 is 1.79 bits per heavy atom. The zero-order chi connectivity index (χ0) is 13.2. The lowest BCUT2D eigenvalue weighted by Gasteiger charge is -2.02. The van der Waals surface area contributed by atoms with Crippen molar-refractivity contribution in [3.05, 3.63) is 69.7 Å². The van der Waals surface area contributed by atoms with Crippen LogP contribution < -0.4 is 0 Å². The van der Waals surface area contributed by atoms with Gasteiger partial charge in [0.2, 0.25) is 0 Å². The summed E-state index contributed by atoms with van der Waals surface area (Å²) in [5.74, 6) is 0.828. The number of halogens is 1. The summed E-state index contributed by atoms with van der Waals surface area (Å²) in [4.78, 5) is 9.18. The van der Waals surface area contributed by atoms with Crippen LogP contribution in [-0.4, -0.2) is 18.1 Å². The van der Waals surface area contributed by atoms with Crippen LogP contribution in [0.5, 0.6) is 0 Å². The molecule has 94 valence electrons. The fraction of sp³-hybridized carbons (Fsp3) is 0.125. The minimum Gasteiger partial charge on any atom is -0.260 e. The van der Waals surface area contributed by atoms with Crippen molar-refractivity contribution in [2.24, 2.45) is 9.98 Å². The molecule has 3 heteroatoms. The molecule has 2 nitrogen and oxygen atoms in total. The number of amidine groups is 1. The maximum atomic E-state index is 4.65. The Morgan fingerprint density at radius 1 is 1.00 bits per heavy atom. The van der Waals surface area contributed by atoms with Crippen molar-refractivity contribution in [3.8, 4) is 0 Å². The van der Waals surface area contributed by atoms with Crippen LogP contribution in [0.15, 0.2) is 63.0 Å². The maximum Gasteiger partial charge on any atom is 0.155 e. The van der Waals surface area contributed by atoms with E-state index in [2.05, 4.69) is 51.0 Å². The first kappa shape index (κ1) is 12.3. The van der Waals surface area contributed by atoms with Crippen molar-refractivity contribution in [1.29, 1.82) is 0 Å². The molecule has 0 saturated heterocycles. The topological polar surface area (TPSA) is 24.7 Å². The van der Waals surface area contributed by atoms with E-state index in [9.17, 15) is 0 Å². The van der Waals surface area contributed by atoms with Gasteiger partial charge in [-0.15, -0.1) is 0 Å². The molecule has 0 atom stereocenters. The number of nitrogens with zero attached hydrogens (tertiary/aromatic N) is 2. The largest absolute Gasteiger partial charge is 0.260 e. The van der Waals surface area contributed by atoms with Crippen molar-refractivity contribution in [1.82, 2.24) is 0 Å². The van der Waals surface area contributed by atoms with Crippen LogP contribution in [0.1, 0.15) is 16.7 Å². The molecule has 0 saturated carbocycles. The lowest BCUT2D eigenvalue weighted by atomic mass is 10.1. The number of benzene rings is 2. The van der Waals surface area contributed by atoms with Gasteiger partial charge >= 0.3 is 0 Å². The molecule has 0 aromatic heterocycles. The van der Waals surface area contributed by atoms with Crippen LogP contribution in [0.2, 0.25) is 0 Å². The second-order valence-electron chi connectivity index (χ2n) is 4.53. The second kappa shape index (κ2) is 5.10. The van der Waals surface area contributed by atoms with Crippen LogP contribution >= 0.6 is 15.9 Å². The summed E-state index contributed by atoms with van der Waals surface area (Å²) in [5.41, 5.74) is 4.46.